The predicted molar refractivity (Wildman–Crippen MR) is 143 cm³/mol. The second-order valence-electron chi connectivity index (χ2n) is 10.6. The van der Waals surface area contributed by atoms with Crippen LogP contribution in [-0.2, 0) is 11.0 Å². The molecule has 0 aromatic heterocycles. The molecule has 4 heterocycles. The van der Waals surface area contributed by atoms with Gasteiger partial charge in [-0.05, 0) is 30.3 Å². The number of imide groups is 1. The van der Waals surface area contributed by atoms with Gasteiger partial charge in [-0.1, -0.05) is 24.3 Å². The van der Waals surface area contributed by atoms with Crippen molar-refractivity contribution >= 4 is 35.5 Å². The first kappa shape index (κ1) is 28.2. The van der Waals surface area contributed by atoms with Gasteiger partial charge in [-0.15, -0.1) is 0 Å². The van der Waals surface area contributed by atoms with Crippen LogP contribution in [0.2, 0.25) is 0 Å². The molecule has 2 aromatic carbocycles. The maximum atomic E-state index is 13.2. The van der Waals surface area contributed by atoms with Crippen molar-refractivity contribution < 1.29 is 37.8 Å². The summed E-state index contributed by atoms with van der Waals surface area (Å²) in [5.41, 5.74) is -3.00. The number of nitrogens with one attached hydrogen (secondary N) is 6. The van der Waals surface area contributed by atoms with E-state index >= 15 is 0 Å². The molecule has 6 rings (SSSR count). The zero-order chi connectivity index (χ0) is 30.9. The van der Waals surface area contributed by atoms with E-state index in [9.17, 15) is 37.8 Å². The molecule has 4 amide bonds. The summed E-state index contributed by atoms with van der Waals surface area (Å²) in [4.78, 5) is 42.5. The van der Waals surface area contributed by atoms with Crippen LogP contribution in [0.3, 0.4) is 0 Å². The molecule has 0 bridgehead atoms. The lowest BCUT2D eigenvalue weighted by atomic mass is 9.84. The van der Waals surface area contributed by atoms with Gasteiger partial charge in [0.15, 0.2) is 17.6 Å². The monoisotopic (exact) mass is 601 g/mol. The lowest BCUT2D eigenvalue weighted by Crippen LogP contribution is -2.81. The summed E-state index contributed by atoms with van der Waals surface area (Å²) in [6.07, 6.45) is -4.71. The first-order chi connectivity index (χ1) is 20.2. The number of amides is 4. The normalized spacial score (nSPS) is 27.8. The molecule has 43 heavy (non-hydrogen) atoms. The molecular weight excluding hydrogens is 575 g/mol. The van der Waals surface area contributed by atoms with Gasteiger partial charge < -0.3 is 36.4 Å². The summed E-state index contributed by atoms with van der Waals surface area (Å²) in [5, 5.41) is 50.6. The van der Waals surface area contributed by atoms with Crippen LogP contribution in [0.15, 0.2) is 54.6 Å². The average Bonchev–Trinajstić information content (AvgIpc) is 3.54. The summed E-state index contributed by atoms with van der Waals surface area (Å²) in [7, 11) is 0. The quantitative estimate of drug-likeness (QED) is 0.163. The molecule has 4 aliphatic rings. The fourth-order valence-corrected chi connectivity index (χ4v) is 6.14. The Morgan fingerprint density at radius 2 is 1.79 bits per heavy atom. The number of carbonyl (C=O) groups is 3. The van der Waals surface area contributed by atoms with Gasteiger partial charge in [-0.25, -0.2) is 4.79 Å². The number of rotatable bonds is 5. The van der Waals surface area contributed by atoms with Crippen LogP contribution in [-0.4, -0.2) is 99.0 Å². The van der Waals surface area contributed by atoms with Gasteiger partial charge in [0.25, 0.3) is 11.8 Å². The Labute approximate surface area is 241 Å². The molecule has 4 atom stereocenters. The van der Waals surface area contributed by atoms with E-state index in [0.29, 0.717) is 11.8 Å². The van der Waals surface area contributed by atoms with E-state index in [1.54, 1.807) is 30.3 Å². The summed E-state index contributed by atoms with van der Waals surface area (Å²) < 4.78 is 39.6. The first-order valence-electron chi connectivity index (χ1n) is 13.1. The Hall–Kier alpha value is -4.90. The topological polar surface area (TPSA) is 197 Å². The first-order valence-corrected chi connectivity index (χ1v) is 13.1. The summed E-state index contributed by atoms with van der Waals surface area (Å²) >= 11 is 0. The molecule has 14 nitrogen and oxygen atoms in total. The molecule has 2 aromatic rings. The number of urea groups is 1. The van der Waals surface area contributed by atoms with E-state index in [2.05, 4.69) is 21.3 Å². The molecule has 0 aliphatic carbocycles. The number of benzene rings is 2. The molecule has 226 valence electrons. The van der Waals surface area contributed by atoms with Gasteiger partial charge in [0.05, 0.1) is 24.2 Å². The van der Waals surface area contributed by atoms with E-state index in [1.165, 1.54) is 9.80 Å². The van der Waals surface area contributed by atoms with Crippen molar-refractivity contribution in [2.75, 3.05) is 24.5 Å². The van der Waals surface area contributed by atoms with Crippen LogP contribution >= 0.6 is 0 Å². The molecule has 17 heteroatoms. The van der Waals surface area contributed by atoms with Gasteiger partial charge in [0, 0.05) is 17.8 Å². The van der Waals surface area contributed by atoms with Crippen molar-refractivity contribution in [1.82, 2.24) is 31.1 Å². The van der Waals surface area contributed by atoms with Crippen molar-refractivity contribution in [2.24, 2.45) is 0 Å². The summed E-state index contributed by atoms with van der Waals surface area (Å²) in [6, 6.07) is 7.77. The van der Waals surface area contributed by atoms with Gasteiger partial charge in [-0.2, -0.15) is 13.2 Å². The van der Waals surface area contributed by atoms with E-state index in [-0.39, 0.29) is 30.6 Å². The molecule has 4 aliphatic heterocycles. The predicted octanol–water partition coefficient (Wildman–Crippen LogP) is -0.632. The SMILES string of the molecule is N=C1N[C@H]2C(CN3C(=O)CN(c4ccccc4)C3=O)NC(=N)N3CC(NC(=O)c4cccc(C(F)(F)F)c4)C(O)(O)[C@]23N1. The maximum absolute atomic E-state index is 13.2. The zero-order valence-electron chi connectivity index (χ0n) is 22.1. The number of para-hydroxylation sites is 1. The number of nitrogens with zero attached hydrogens (tertiary/aromatic N) is 3. The maximum Gasteiger partial charge on any atom is 0.416 e. The molecule has 0 radical (unpaired) electrons. The third-order valence-corrected chi connectivity index (χ3v) is 8.16. The number of hydrogen-bond acceptors (Lipinski definition) is 7. The molecule has 4 fully saturated rings. The third kappa shape index (κ3) is 4.30. The fourth-order valence-electron chi connectivity index (χ4n) is 6.14. The fraction of sp³-hybridized carbons (Fsp3) is 0.346. The van der Waals surface area contributed by atoms with Crippen LogP contribution in [0.4, 0.5) is 23.7 Å². The Balaban J connectivity index is 1.26. The van der Waals surface area contributed by atoms with Crippen LogP contribution in [0.25, 0.3) is 0 Å². The van der Waals surface area contributed by atoms with Gasteiger partial charge in [0.2, 0.25) is 5.79 Å². The lowest BCUT2D eigenvalue weighted by Gasteiger charge is -2.51. The average molecular weight is 602 g/mol. The van der Waals surface area contributed by atoms with Crippen molar-refractivity contribution in [2.45, 2.75) is 35.8 Å². The molecule has 8 N–H and O–H groups in total. The minimum absolute atomic E-state index is 0.232. The largest absolute Gasteiger partial charge is 0.416 e. The summed E-state index contributed by atoms with van der Waals surface area (Å²) in [5.74, 6) is -5.20. The van der Waals surface area contributed by atoms with E-state index in [4.69, 9.17) is 10.8 Å². The van der Waals surface area contributed by atoms with Gasteiger partial charge in [-0.3, -0.25) is 30.2 Å². The lowest BCUT2D eigenvalue weighted by molar-refractivity contribution is -0.232. The number of halogens is 3. The second kappa shape index (κ2) is 9.56. The minimum Gasteiger partial charge on any atom is -0.361 e. The number of hydrogen-bond donors (Lipinski definition) is 8. The number of carbonyl (C=O) groups excluding carboxylic acids is 3. The Kier molecular flexibility index (Phi) is 6.28. The molecule has 2 unspecified atom stereocenters. The van der Waals surface area contributed by atoms with Crippen LogP contribution < -0.4 is 26.2 Å². The molecule has 1 spiro atoms. The van der Waals surface area contributed by atoms with E-state index < -0.39 is 65.7 Å². The number of anilines is 1. The summed E-state index contributed by atoms with van der Waals surface area (Å²) in [6.45, 7) is -0.939. The molecule has 4 saturated heterocycles. The van der Waals surface area contributed by atoms with Crippen molar-refractivity contribution in [3.63, 3.8) is 0 Å². The minimum atomic E-state index is -4.71. The number of aliphatic hydroxyl groups is 2. The van der Waals surface area contributed by atoms with Gasteiger partial charge >= 0.3 is 12.2 Å². The Bertz CT molecular complexity index is 1540. The highest BCUT2D eigenvalue weighted by molar-refractivity contribution is 6.12. The number of guanidine groups is 2. The standard InChI is InChI=1S/C26H26F3N9O5/c27-26(28,29)14-6-4-5-13(9-14)20(40)33-17-11-38-22(31)32-16(19-24(38,25(17,42)43)35-21(30)34-19)10-37-18(39)12-36(23(37)41)15-7-2-1-3-8-15/h1-9,16-17,19,42-43H,10-12H2,(H2,31,32)(H,33,40)(H3,30,34,35)/t16?,17?,19-,24-/m0/s1. The highest BCUT2D eigenvalue weighted by Crippen LogP contribution is 2.43. The van der Waals surface area contributed by atoms with Crippen LogP contribution in [0.1, 0.15) is 15.9 Å². The van der Waals surface area contributed by atoms with E-state index in [1.807, 2.05) is 0 Å². The van der Waals surface area contributed by atoms with Crippen LogP contribution in [0.5, 0.6) is 0 Å². The highest BCUT2D eigenvalue weighted by atomic mass is 19.4. The van der Waals surface area contributed by atoms with Crippen molar-refractivity contribution in [3.05, 3.63) is 65.7 Å². The zero-order valence-corrected chi connectivity index (χ0v) is 22.1. The second-order valence-corrected chi connectivity index (χ2v) is 10.6. The van der Waals surface area contributed by atoms with E-state index in [0.717, 1.165) is 23.1 Å². The number of alkyl halides is 3. The molecule has 0 saturated carbocycles. The Morgan fingerprint density at radius 1 is 1.07 bits per heavy atom. The van der Waals surface area contributed by atoms with Crippen molar-refractivity contribution in [1.29, 1.82) is 10.8 Å². The molecular formula is C26H26F3N9O5. The smallest absolute Gasteiger partial charge is 0.361 e. The third-order valence-electron chi connectivity index (χ3n) is 8.16. The van der Waals surface area contributed by atoms with Gasteiger partial charge in [0.1, 0.15) is 12.6 Å². The Morgan fingerprint density at radius 3 is 2.49 bits per heavy atom. The van der Waals surface area contributed by atoms with Crippen molar-refractivity contribution in [3.8, 4) is 0 Å². The van der Waals surface area contributed by atoms with Crippen LogP contribution in [0, 0.1) is 10.8 Å². The highest BCUT2D eigenvalue weighted by Gasteiger charge is 2.74.